The summed E-state index contributed by atoms with van der Waals surface area (Å²) in [7, 11) is 0. The van der Waals surface area contributed by atoms with Crippen molar-refractivity contribution >= 4 is 11.9 Å². The van der Waals surface area contributed by atoms with E-state index in [0.29, 0.717) is 6.42 Å². The van der Waals surface area contributed by atoms with Crippen molar-refractivity contribution in [2.45, 2.75) is 103 Å². The maximum Gasteiger partial charge on any atom is 0.325 e. The zero-order chi connectivity index (χ0) is 21.2. The zero-order valence-electron chi connectivity index (χ0n) is 18.2. The smallest absolute Gasteiger partial charge is 0.325 e. The number of ether oxygens (including phenoxy) is 1. The SMILES string of the molecule is CCCCCCCCCCCCCCCCC(C(N)=O)C(=O)Oc1ccccn1. The Labute approximate surface area is 176 Å². The van der Waals surface area contributed by atoms with Crippen LogP contribution < -0.4 is 10.5 Å². The summed E-state index contributed by atoms with van der Waals surface area (Å²) in [4.78, 5) is 27.7. The fourth-order valence-electron chi connectivity index (χ4n) is 3.50. The van der Waals surface area contributed by atoms with Crippen molar-refractivity contribution in [1.29, 1.82) is 0 Å². The Kier molecular flexibility index (Phi) is 14.7. The third kappa shape index (κ3) is 13.0. The lowest BCUT2D eigenvalue weighted by Gasteiger charge is -2.12. The molecular weight excluding hydrogens is 364 g/mol. The average Bonchev–Trinajstić information content (AvgIpc) is 2.71. The number of hydrogen-bond acceptors (Lipinski definition) is 4. The lowest BCUT2D eigenvalue weighted by atomic mass is 9.99. The van der Waals surface area contributed by atoms with Crippen LogP contribution in [-0.2, 0) is 9.59 Å². The molecule has 0 bridgehead atoms. The van der Waals surface area contributed by atoms with Gasteiger partial charge in [0.05, 0.1) is 0 Å². The van der Waals surface area contributed by atoms with Crippen molar-refractivity contribution in [2.75, 3.05) is 0 Å². The number of nitrogens with two attached hydrogens (primary N) is 1. The molecule has 0 aromatic carbocycles. The van der Waals surface area contributed by atoms with E-state index in [-0.39, 0.29) is 5.88 Å². The molecule has 1 atom stereocenters. The van der Waals surface area contributed by atoms with Gasteiger partial charge in [-0.15, -0.1) is 0 Å². The Morgan fingerprint density at radius 2 is 1.38 bits per heavy atom. The number of carbonyl (C=O) groups excluding carboxylic acids is 2. The molecule has 5 heteroatoms. The van der Waals surface area contributed by atoms with Crippen LogP contribution >= 0.6 is 0 Å². The second-order valence-corrected chi connectivity index (χ2v) is 7.93. The number of unbranched alkanes of at least 4 members (excludes halogenated alkanes) is 13. The van der Waals surface area contributed by atoms with E-state index in [1.54, 1.807) is 18.2 Å². The molecule has 5 nitrogen and oxygen atoms in total. The molecule has 1 rings (SSSR count). The monoisotopic (exact) mass is 404 g/mol. The van der Waals surface area contributed by atoms with Gasteiger partial charge in [0.2, 0.25) is 11.8 Å². The van der Waals surface area contributed by atoms with Crippen LogP contribution in [0.3, 0.4) is 0 Å². The fourth-order valence-corrected chi connectivity index (χ4v) is 3.50. The summed E-state index contributed by atoms with van der Waals surface area (Å²) in [5.74, 6) is -1.93. The zero-order valence-corrected chi connectivity index (χ0v) is 18.2. The first-order valence-corrected chi connectivity index (χ1v) is 11.6. The predicted molar refractivity (Wildman–Crippen MR) is 117 cm³/mol. The molecule has 0 fully saturated rings. The Balaban J connectivity index is 2.01. The number of nitrogens with zero attached hydrogens (tertiary/aromatic N) is 1. The molecule has 1 heterocycles. The van der Waals surface area contributed by atoms with Crippen LogP contribution in [0.4, 0.5) is 0 Å². The van der Waals surface area contributed by atoms with Crippen LogP contribution in [0.2, 0.25) is 0 Å². The number of primary amides is 1. The third-order valence-corrected chi connectivity index (χ3v) is 5.32. The number of rotatable bonds is 18. The van der Waals surface area contributed by atoms with E-state index >= 15 is 0 Å². The van der Waals surface area contributed by atoms with Crippen molar-refractivity contribution < 1.29 is 14.3 Å². The molecule has 0 aliphatic carbocycles. The van der Waals surface area contributed by atoms with Crippen LogP contribution in [0.15, 0.2) is 24.4 Å². The predicted octanol–water partition coefficient (Wildman–Crippen LogP) is 5.96. The largest absolute Gasteiger partial charge is 0.407 e. The van der Waals surface area contributed by atoms with Gasteiger partial charge in [0.15, 0.2) is 0 Å². The number of hydrogen-bond donors (Lipinski definition) is 1. The fraction of sp³-hybridized carbons (Fsp3) is 0.708. The summed E-state index contributed by atoms with van der Waals surface area (Å²) in [5.41, 5.74) is 5.39. The van der Waals surface area contributed by atoms with Crippen molar-refractivity contribution in [1.82, 2.24) is 4.98 Å². The summed E-state index contributed by atoms with van der Waals surface area (Å²) in [6, 6.07) is 5.04. The van der Waals surface area contributed by atoms with E-state index in [2.05, 4.69) is 11.9 Å². The topological polar surface area (TPSA) is 82.3 Å². The highest BCUT2D eigenvalue weighted by Crippen LogP contribution is 2.16. The van der Waals surface area contributed by atoms with Crippen LogP contribution in [0.25, 0.3) is 0 Å². The summed E-state index contributed by atoms with van der Waals surface area (Å²) in [6.45, 7) is 2.26. The normalized spacial score (nSPS) is 11.9. The molecular formula is C24H40N2O3. The molecule has 0 spiro atoms. The van der Waals surface area contributed by atoms with E-state index in [9.17, 15) is 9.59 Å². The number of carbonyl (C=O) groups is 2. The number of aromatic nitrogens is 1. The van der Waals surface area contributed by atoms with Gasteiger partial charge in [0.1, 0.15) is 5.92 Å². The molecule has 164 valence electrons. The molecule has 1 unspecified atom stereocenters. The average molecular weight is 405 g/mol. The minimum Gasteiger partial charge on any atom is -0.407 e. The Bertz CT molecular complexity index is 548. The highest BCUT2D eigenvalue weighted by Gasteiger charge is 2.26. The highest BCUT2D eigenvalue weighted by atomic mass is 16.5. The summed E-state index contributed by atoms with van der Waals surface area (Å²) < 4.78 is 5.16. The Morgan fingerprint density at radius 3 is 1.83 bits per heavy atom. The lowest BCUT2D eigenvalue weighted by molar-refractivity contribution is -0.144. The second-order valence-electron chi connectivity index (χ2n) is 7.93. The molecule has 0 aliphatic rings. The van der Waals surface area contributed by atoms with E-state index in [1.165, 1.54) is 76.8 Å². The molecule has 29 heavy (non-hydrogen) atoms. The van der Waals surface area contributed by atoms with Crippen LogP contribution in [0.1, 0.15) is 103 Å². The van der Waals surface area contributed by atoms with Crippen molar-refractivity contribution in [3.05, 3.63) is 24.4 Å². The van der Waals surface area contributed by atoms with Crippen molar-refractivity contribution in [3.8, 4) is 5.88 Å². The Hall–Kier alpha value is -1.91. The van der Waals surface area contributed by atoms with Gasteiger partial charge in [-0.25, -0.2) is 4.98 Å². The second kappa shape index (κ2) is 17.0. The first-order valence-electron chi connectivity index (χ1n) is 11.6. The summed E-state index contributed by atoms with van der Waals surface area (Å²) in [5, 5.41) is 0. The minimum absolute atomic E-state index is 0.199. The molecule has 1 aromatic heterocycles. The lowest BCUT2D eigenvalue weighted by Crippen LogP contribution is -2.33. The third-order valence-electron chi connectivity index (χ3n) is 5.32. The van der Waals surface area contributed by atoms with E-state index in [1.807, 2.05) is 0 Å². The maximum absolute atomic E-state index is 12.2. The number of amides is 1. The molecule has 1 aromatic rings. The van der Waals surface area contributed by atoms with Gasteiger partial charge in [-0.2, -0.15) is 0 Å². The molecule has 0 radical (unpaired) electrons. The van der Waals surface area contributed by atoms with Crippen LogP contribution in [-0.4, -0.2) is 16.9 Å². The van der Waals surface area contributed by atoms with Crippen molar-refractivity contribution in [2.24, 2.45) is 11.7 Å². The molecule has 0 saturated carbocycles. The van der Waals surface area contributed by atoms with E-state index in [4.69, 9.17) is 10.5 Å². The van der Waals surface area contributed by atoms with Crippen LogP contribution in [0.5, 0.6) is 5.88 Å². The highest BCUT2D eigenvalue weighted by molar-refractivity contribution is 5.97. The number of pyridine rings is 1. The first kappa shape index (κ1) is 25.1. The van der Waals surface area contributed by atoms with Gasteiger partial charge in [-0.1, -0.05) is 103 Å². The number of esters is 1. The van der Waals surface area contributed by atoms with Gasteiger partial charge in [-0.05, 0) is 12.5 Å². The molecule has 0 aliphatic heterocycles. The first-order chi connectivity index (χ1) is 14.1. The molecule has 2 N–H and O–H groups in total. The Morgan fingerprint density at radius 1 is 0.862 bits per heavy atom. The van der Waals surface area contributed by atoms with Crippen LogP contribution in [0, 0.1) is 5.92 Å². The van der Waals surface area contributed by atoms with Gasteiger partial charge in [0, 0.05) is 12.3 Å². The molecule has 1 amide bonds. The summed E-state index contributed by atoms with van der Waals surface area (Å²) >= 11 is 0. The maximum atomic E-state index is 12.2. The van der Waals surface area contributed by atoms with E-state index in [0.717, 1.165) is 19.3 Å². The standard InChI is InChI=1S/C24H40N2O3/c1-2-3-4-5-6-7-8-9-10-11-12-13-14-15-18-21(23(25)27)24(28)29-22-19-16-17-20-26-22/h16-17,19-21H,2-15,18H2,1H3,(H2,25,27). The van der Waals surface area contributed by atoms with Gasteiger partial charge >= 0.3 is 5.97 Å². The molecule has 0 saturated heterocycles. The summed E-state index contributed by atoms with van der Waals surface area (Å²) in [6.07, 6.45) is 19.7. The quantitative estimate of drug-likeness (QED) is 0.186. The van der Waals surface area contributed by atoms with Gasteiger partial charge < -0.3 is 10.5 Å². The minimum atomic E-state index is -0.894. The van der Waals surface area contributed by atoms with Crippen molar-refractivity contribution in [3.63, 3.8) is 0 Å². The van der Waals surface area contributed by atoms with Gasteiger partial charge in [0.25, 0.3) is 0 Å². The van der Waals surface area contributed by atoms with Gasteiger partial charge in [-0.3, -0.25) is 9.59 Å². The van der Waals surface area contributed by atoms with E-state index < -0.39 is 17.8 Å².